The van der Waals surface area contributed by atoms with Crippen LogP contribution >= 0.6 is 28.1 Å². The van der Waals surface area contributed by atoms with E-state index in [1.54, 1.807) is 12.1 Å². The van der Waals surface area contributed by atoms with Crippen molar-refractivity contribution in [3.8, 4) is 5.75 Å². The van der Waals surface area contributed by atoms with Crippen molar-refractivity contribution >= 4 is 33.1 Å². The molecule has 1 fully saturated rings. The molecule has 0 amide bonds. The van der Waals surface area contributed by atoms with Crippen LogP contribution in [-0.4, -0.2) is 23.0 Å². The second-order valence-electron chi connectivity index (χ2n) is 5.87. The SMILES string of the molecule is Fc1ccccc1COc1ccc(Br)cc1C(=S)N1CCCCC1. The van der Waals surface area contributed by atoms with E-state index in [0.717, 1.165) is 28.1 Å². The van der Waals surface area contributed by atoms with Gasteiger partial charge in [0.15, 0.2) is 0 Å². The Hall–Kier alpha value is -1.46. The highest BCUT2D eigenvalue weighted by molar-refractivity contribution is 9.10. The minimum Gasteiger partial charge on any atom is -0.488 e. The molecule has 2 nitrogen and oxygen atoms in total. The lowest BCUT2D eigenvalue weighted by atomic mass is 10.1. The molecule has 1 aliphatic rings. The molecule has 126 valence electrons. The molecule has 0 unspecified atom stereocenters. The second kappa shape index (κ2) is 8.08. The Kier molecular flexibility index (Phi) is 5.85. The number of hydrogen-bond acceptors (Lipinski definition) is 2. The first-order chi connectivity index (χ1) is 11.6. The number of piperidine rings is 1. The van der Waals surface area contributed by atoms with E-state index in [-0.39, 0.29) is 12.4 Å². The molecule has 1 heterocycles. The average Bonchev–Trinajstić information content (AvgIpc) is 2.62. The smallest absolute Gasteiger partial charge is 0.130 e. The van der Waals surface area contributed by atoms with Gasteiger partial charge < -0.3 is 9.64 Å². The number of ether oxygens (including phenoxy) is 1. The first-order valence-corrected chi connectivity index (χ1v) is 9.30. The van der Waals surface area contributed by atoms with E-state index in [0.29, 0.717) is 11.3 Å². The quantitative estimate of drug-likeness (QED) is 0.635. The Bertz CT molecular complexity index is 731. The zero-order chi connectivity index (χ0) is 16.9. The first kappa shape index (κ1) is 17.4. The fraction of sp³-hybridized carbons (Fsp3) is 0.316. The molecule has 3 rings (SSSR count). The molecule has 24 heavy (non-hydrogen) atoms. The van der Waals surface area contributed by atoms with Crippen molar-refractivity contribution in [3.05, 3.63) is 63.9 Å². The van der Waals surface area contributed by atoms with Crippen LogP contribution < -0.4 is 4.74 Å². The van der Waals surface area contributed by atoms with E-state index in [1.807, 2.05) is 24.3 Å². The fourth-order valence-corrected chi connectivity index (χ4v) is 3.54. The van der Waals surface area contributed by atoms with E-state index >= 15 is 0 Å². The standard InChI is InChI=1S/C19H19BrFNOS/c20-15-8-9-18(23-13-14-6-2-3-7-17(14)21)16(12-15)19(24)22-10-4-1-5-11-22/h2-3,6-9,12H,1,4-5,10-11,13H2. The summed E-state index contributed by atoms with van der Waals surface area (Å²) in [6.07, 6.45) is 3.59. The van der Waals surface area contributed by atoms with Crippen molar-refractivity contribution in [1.82, 2.24) is 4.90 Å². The normalized spacial score (nSPS) is 14.5. The first-order valence-electron chi connectivity index (χ1n) is 8.10. The van der Waals surface area contributed by atoms with E-state index in [1.165, 1.54) is 25.3 Å². The number of thiocarbonyl (C=S) groups is 1. The van der Waals surface area contributed by atoms with Gasteiger partial charge in [-0.1, -0.05) is 46.3 Å². The fourth-order valence-electron chi connectivity index (χ4n) is 2.83. The number of nitrogens with zero attached hydrogens (tertiary/aromatic N) is 1. The summed E-state index contributed by atoms with van der Waals surface area (Å²) >= 11 is 9.20. The highest BCUT2D eigenvalue weighted by Gasteiger charge is 2.18. The molecule has 5 heteroatoms. The summed E-state index contributed by atoms with van der Waals surface area (Å²) in [5.74, 6) is 0.437. The molecule has 0 saturated carbocycles. The van der Waals surface area contributed by atoms with Crippen LogP contribution in [0.15, 0.2) is 46.9 Å². The van der Waals surface area contributed by atoms with E-state index in [4.69, 9.17) is 17.0 Å². The Balaban J connectivity index is 1.80. The minimum atomic E-state index is -0.255. The third-order valence-corrected chi connectivity index (χ3v) is 5.13. The summed E-state index contributed by atoms with van der Waals surface area (Å²) in [5, 5.41) is 0. The Morgan fingerprint density at radius 2 is 1.88 bits per heavy atom. The zero-order valence-electron chi connectivity index (χ0n) is 13.3. The maximum absolute atomic E-state index is 13.8. The highest BCUT2D eigenvalue weighted by atomic mass is 79.9. The van der Waals surface area contributed by atoms with Crippen molar-refractivity contribution in [1.29, 1.82) is 0 Å². The number of rotatable bonds is 4. The van der Waals surface area contributed by atoms with Gasteiger partial charge in [0.1, 0.15) is 23.2 Å². The van der Waals surface area contributed by atoms with Crippen LogP contribution in [-0.2, 0) is 6.61 Å². The molecule has 0 atom stereocenters. The van der Waals surface area contributed by atoms with Crippen LogP contribution in [0.3, 0.4) is 0 Å². The lowest BCUT2D eigenvalue weighted by Crippen LogP contribution is -2.35. The van der Waals surface area contributed by atoms with Crippen LogP contribution in [0, 0.1) is 5.82 Å². The number of likely N-dealkylation sites (tertiary alicyclic amines) is 1. The third-order valence-electron chi connectivity index (χ3n) is 4.16. The molecule has 2 aromatic rings. The van der Waals surface area contributed by atoms with Crippen molar-refractivity contribution in [3.63, 3.8) is 0 Å². The lowest BCUT2D eigenvalue weighted by Gasteiger charge is -2.30. The van der Waals surface area contributed by atoms with Gasteiger partial charge in [-0.25, -0.2) is 4.39 Å². The van der Waals surface area contributed by atoms with Gasteiger partial charge in [-0.2, -0.15) is 0 Å². The lowest BCUT2D eigenvalue weighted by molar-refractivity contribution is 0.297. The Morgan fingerprint density at radius 3 is 2.62 bits per heavy atom. The van der Waals surface area contributed by atoms with E-state index in [2.05, 4.69) is 20.8 Å². The van der Waals surface area contributed by atoms with E-state index < -0.39 is 0 Å². The predicted octanol–water partition coefficient (Wildman–Crippen LogP) is 5.33. The van der Waals surface area contributed by atoms with Crippen molar-refractivity contribution in [2.75, 3.05) is 13.1 Å². The van der Waals surface area contributed by atoms with Crippen LogP contribution in [0.5, 0.6) is 5.75 Å². The van der Waals surface area contributed by atoms with Gasteiger partial charge in [-0.3, -0.25) is 0 Å². The zero-order valence-corrected chi connectivity index (χ0v) is 15.7. The Labute approximate surface area is 155 Å². The van der Waals surface area contributed by atoms with Crippen LogP contribution in [0.2, 0.25) is 0 Å². The molecule has 0 aromatic heterocycles. The van der Waals surface area contributed by atoms with Gasteiger partial charge in [0.2, 0.25) is 0 Å². The maximum Gasteiger partial charge on any atom is 0.130 e. The molecular weight excluding hydrogens is 389 g/mol. The molecule has 1 aliphatic heterocycles. The summed E-state index contributed by atoms with van der Waals surface area (Å²) in [6.45, 7) is 2.15. The average molecular weight is 408 g/mol. The van der Waals surface area contributed by atoms with Gasteiger partial charge in [0, 0.05) is 23.1 Å². The molecule has 0 spiro atoms. The molecule has 0 aliphatic carbocycles. The molecule has 0 radical (unpaired) electrons. The van der Waals surface area contributed by atoms with Crippen LogP contribution in [0.1, 0.15) is 30.4 Å². The van der Waals surface area contributed by atoms with Crippen LogP contribution in [0.4, 0.5) is 4.39 Å². The third kappa shape index (κ3) is 4.14. The van der Waals surface area contributed by atoms with Crippen molar-refractivity contribution in [2.45, 2.75) is 25.9 Å². The van der Waals surface area contributed by atoms with Gasteiger partial charge in [0.05, 0.1) is 5.56 Å². The molecule has 0 bridgehead atoms. The number of benzene rings is 2. The molecule has 1 saturated heterocycles. The monoisotopic (exact) mass is 407 g/mol. The summed E-state index contributed by atoms with van der Waals surface area (Å²) in [4.78, 5) is 3.04. The molecular formula is C19H19BrFNOS. The van der Waals surface area contributed by atoms with Gasteiger partial charge in [-0.15, -0.1) is 0 Å². The largest absolute Gasteiger partial charge is 0.488 e. The highest BCUT2D eigenvalue weighted by Crippen LogP contribution is 2.27. The Morgan fingerprint density at radius 1 is 1.12 bits per heavy atom. The van der Waals surface area contributed by atoms with Crippen molar-refractivity contribution < 1.29 is 9.13 Å². The number of hydrogen-bond donors (Lipinski definition) is 0. The molecule has 2 aromatic carbocycles. The predicted molar refractivity (Wildman–Crippen MR) is 102 cm³/mol. The summed E-state index contributed by atoms with van der Waals surface area (Å²) in [7, 11) is 0. The second-order valence-corrected chi connectivity index (χ2v) is 7.18. The van der Waals surface area contributed by atoms with Crippen molar-refractivity contribution in [2.24, 2.45) is 0 Å². The maximum atomic E-state index is 13.8. The minimum absolute atomic E-state index is 0.184. The van der Waals surface area contributed by atoms with Gasteiger partial charge in [-0.05, 0) is 43.5 Å². The summed E-state index contributed by atoms with van der Waals surface area (Å²) in [6, 6.07) is 12.4. The van der Waals surface area contributed by atoms with E-state index in [9.17, 15) is 4.39 Å². The summed E-state index contributed by atoms with van der Waals surface area (Å²) in [5.41, 5.74) is 1.42. The number of halogens is 2. The van der Waals surface area contributed by atoms with Gasteiger partial charge >= 0.3 is 0 Å². The van der Waals surface area contributed by atoms with Crippen LogP contribution in [0.25, 0.3) is 0 Å². The topological polar surface area (TPSA) is 12.5 Å². The molecule has 0 N–H and O–H groups in total. The summed E-state index contributed by atoms with van der Waals surface area (Å²) < 4.78 is 20.6. The van der Waals surface area contributed by atoms with Gasteiger partial charge in [0.25, 0.3) is 0 Å².